The molecule has 1 amide bonds. The van der Waals surface area contributed by atoms with Crippen molar-refractivity contribution < 1.29 is 14.7 Å². The molecule has 182 valence electrons. The van der Waals surface area contributed by atoms with Crippen LogP contribution in [0.4, 0.5) is 10.5 Å². The number of aromatic amines is 2. The van der Waals surface area contributed by atoms with Crippen molar-refractivity contribution >= 4 is 39.5 Å². The van der Waals surface area contributed by atoms with E-state index < -0.39 is 12.0 Å². The van der Waals surface area contributed by atoms with Crippen LogP contribution >= 0.6 is 0 Å². The molecular weight excluding hydrogens is 456 g/mol. The zero-order chi connectivity index (χ0) is 25.2. The summed E-state index contributed by atoms with van der Waals surface area (Å²) in [4.78, 5) is 28.6. The van der Waals surface area contributed by atoms with Crippen molar-refractivity contribution in [2.24, 2.45) is 5.41 Å². The fourth-order valence-corrected chi connectivity index (χ4v) is 5.30. The third kappa shape index (κ3) is 3.30. The monoisotopic (exact) mass is 482 g/mol. The van der Waals surface area contributed by atoms with Crippen molar-refractivity contribution in [3.8, 4) is 11.1 Å². The summed E-state index contributed by atoms with van der Waals surface area (Å²) in [5.41, 5.74) is 4.63. The summed E-state index contributed by atoms with van der Waals surface area (Å²) in [6.45, 7) is 6.30. The molecule has 3 heterocycles. The Bertz CT molecular complexity index is 1660. The number of carbonyl (C=O) groups is 2. The second-order valence-corrected chi connectivity index (χ2v) is 10.5. The number of nitrogens with one attached hydrogen (secondary N) is 3. The topological polar surface area (TPSA) is 129 Å². The number of H-pyrrole nitrogens is 2. The van der Waals surface area contributed by atoms with E-state index in [1.807, 2.05) is 42.6 Å². The Hall–Kier alpha value is -4.40. The molecule has 2 aromatic carbocycles. The van der Waals surface area contributed by atoms with Crippen LogP contribution in [0.2, 0.25) is 0 Å². The zero-order valence-corrected chi connectivity index (χ0v) is 20.2. The summed E-state index contributed by atoms with van der Waals surface area (Å²) in [5, 5.41) is 26.0. The average molecular weight is 483 g/mol. The smallest absolute Gasteiger partial charge is 0.432 e. The fraction of sp³-hybridized carbons (Fsp3) is 0.259. The van der Waals surface area contributed by atoms with Gasteiger partial charge in [0.25, 0.3) is 5.91 Å². The summed E-state index contributed by atoms with van der Waals surface area (Å²) in [5.74, 6) is -0.396. The summed E-state index contributed by atoms with van der Waals surface area (Å²) in [7, 11) is 0. The molecule has 6 rings (SSSR count). The fourth-order valence-electron chi connectivity index (χ4n) is 5.30. The lowest BCUT2D eigenvalue weighted by Crippen LogP contribution is -2.29. The van der Waals surface area contributed by atoms with Gasteiger partial charge in [-0.1, -0.05) is 32.9 Å². The number of anilines is 1. The minimum atomic E-state index is -1.22. The Kier molecular flexibility index (Phi) is 4.63. The molecule has 9 heteroatoms. The number of benzene rings is 2. The summed E-state index contributed by atoms with van der Waals surface area (Å²) >= 11 is 0. The standard InChI is InChI=1S/C27H26N6O3/c1-26(2,3)27(8-9-27)23-19(14-33(32-23)25(35)36)24(34)30-21-11-15(12-22-18(21)13-29-31-22)16-5-4-6-20-17(16)7-10-28-20/h4-7,10-14,28H,8-9H2,1-3H3,(H,29,31)(H,30,34)(H,35,36). The number of carboxylic acid groups (broad SMARTS) is 1. The summed E-state index contributed by atoms with van der Waals surface area (Å²) in [6, 6.07) is 12.0. The predicted octanol–water partition coefficient (Wildman–Crippen LogP) is 5.76. The second kappa shape index (κ2) is 7.55. The number of aromatic nitrogens is 5. The van der Waals surface area contributed by atoms with Gasteiger partial charge < -0.3 is 15.4 Å². The maximum absolute atomic E-state index is 13.7. The van der Waals surface area contributed by atoms with E-state index in [-0.39, 0.29) is 16.4 Å². The number of hydrogen-bond acceptors (Lipinski definition) is 4. The van der Waals surface area contributed by atoms with Gasteiger partial charge in [0.1, 0.15) is 0 Å². The Morgan fingerprint density at radius 3 is 2.64 bits per heavy atom. The van der Waals surface area contributed by atoms with Crippen molar-refractivity contribution in [3.05, 3.63) is 66.2 Å². The Morgan fingerprint density at radius 1 is 1.11 bits per heavy atom. The van der Waals surface area contributed by atoms with Gasteiger partial charge in [0.05, 0.1) is 34.9 Å². The van der Waals surface area contributed by atoms with Crippen LogP contribution in [-0.4, -0.2) is 42.1 Å². The third-order valence-corrected chi connectivity index (χ3v) is 7.51. The third-order valence-electron chi connectivity index (χ3n) is 7.51. The predicted molar refractivity (Wildman–Crippen MR) is 137 cm³/mol. The first-order valence-electron chi connectivity index (χ1n) is 11.9. The highest BCUT2D eigenvalue weighted by molar-refractivity contribution is 6.11. The Labute approximate surface area is 206 Å². The van der Waals surface area contributed by atoms with E-state index in [1.54, 1.807) is 6.20 Å². The maximum Gasteiger partial charge on any atom is 0.432 e. The lowest BCUT2D eigenvalue weighted by Gasteiger charge is -2.30. The van der Waals surface area contributed by atoms with E-state index in [0.29, 0.717) is 11.4 Å². The molecule has 4 N–H and O–H groups in total. The van der Waals surface area contributed by atoms with Gasteiger partial charge in [0, 0.05) is 27.9 Å². The number of amides is 1. The molecule has 0 unspecified atom stereocenters. The van der Waals surface area contributed by atoms with Crippen molar-refractivity contribution in [2.45, 2.75) is 39.0 Å². The van der Waals surface area contributed by atoms with E-state index in [0.717, 1.165) is 50.5 Å². The molecule has 0 bridgehead atoms. The first-order valence-corrected chi connectivity index (χ1v) is 11.9. The molecule has 0 atom stereocenters. The highest BCUT2D eigenvalue weighted by atomic mass is 16.4. The molecule has 1 aliphatic carbocycles. The van der Waals surface area contributed by atoms with Crippen molar-refractivity contribution in [3.63, 3.8) is 0 Å². The number of carbonyl (C=O) groups excluding carboxylic acids is 1. The van der Waals surface area contributed by atoms with E-state index in [2.05, 4.69) is 46.4 Å². The molecule has 9 nitrogen and oxygen atoms in total. The Morgan fingerprint density at radius 2 is 1.92 bits per heavy atom. The van der Waals surface area contributed by atoms with Crippen LogP contribution in [-0.2, 0) is 5.41 Å². The van der Waals surface area contributed by atoms with Gasteiger partial charge in [0.2, 0.25) is 0 Å². The molecule has 0 spiro atoms. The average Bonchev–Trinajstić information content (AvgIpc) is 3.20. The van der Waals surface area contributed by atoms with E-state index in [1.165, 1.54) is 6.20 Å². The molecule has 1 fully saturated rings. The zero-order valence-electron chi connectivity index (χ0n) is 20.2. The second-order valence-electron chi connectivity index (χ2n) is 10.5. The summed E-state index contributed by atoms with van der Waals surface area (Å²) in [6.07, 6.45) is 5.38. The number of fused-ring (bicyclic) bond motifs is 2. The minimum absolute atomic E-state index is 0.174. The lowest BCUT2D eigenvalue weighted by atomic mass is 9.74. The van der Waals surface area contributed by atoms with Crippen molar-refractivity contribution in [1.29, 1.82) is 0 Å². The van der Waals surface area contributed by atoms with Gasteiger partial charge in [-0.2, -0.15) is 14.9 Å². The van der Waals surface area contributed by atoms with Crippen molar-refractivity contribution in [1.82, 2.24) is 25.0 Å². The van der Waals surface area contributed by atoms with Crippen LogP contribution in [0.5, 0.6) is 0 Å². The van der Waals surface area contributed by atoms with Gasteiger partial charge in [-0.15, -0.1) is 0 Å². The number of hydrogen-bond donors (Lipinski definition) is 4. The van der Waals surface area contributed by atoms with Gasteiger partial charge >= 0.3 is 6.09 Å². The normalized spacial score (nSPS) is 14.9. The molecule has 36 heavy (non-hydrogen) atoms. The largest absolute Gasteiger partial charge is 0.463 e. The molecule has 0 aliphatic heterocycles. The molecule has 1 aliphatic rings. The molecular formula is C27H26N6O3. The van der Waals surface area contributed by atoms with Crippen LogP contribution in [0.15, 0.2) is 55.0 Å². The van der Waals surface area contributed by atoms with Gasteiger partial charge in [0.15, 0.2) is 0 Å². The molecule has 0 radical (unpaired) electrons. The Balaban J connectivity index is 1.45. The van der Waals surface area contributed by atoms with E-state index >= 15 is 0 Å². The molecule has 0 saturated heterocycles. The van der Waals surface area contributed by atoms with Crippen LogP contribution in [0, 0.1) is 5.41 Å². The molecule has 3 aromatic heterocycles. The molecule has 5 aromatic rings. The quantitative estimate of drug-likeness (QED) is 0.259. The number of nitrogens with zero attached hydrogens (tertiary/aromatic N) is 3. The lowest BCUT2D eigenvalue weighted by molar-refractivity contribution is 0.102. The first-order chi connectivity index (χ1) is 17.2. The van der Waals surface area contributed by atoms with E-state index in [9.17, 15) is 14.7 Å². The van der Waals surface area contributed by atoms with Crippen molar-refractivity contribution in [2.75, 3.05) is 5.32 Å². The highest BCUT2D eigenvalue weighted by Gasteiger charge is 2.56. The van der Waals surface area contributed by atoms with E-state index in [4.69, 9.17) is 0 Å². The maximum atomic E-state index is 13.7. The van der Waals surface area contributed by atoms with Gasteiger partial charge in [-0.25, -0.2) is 4.79 Å². The van der Waals surface area contributed by atoms with Crippen LogP contribution < -0.4 is 5.32 Å². The van der Waals surface area contributed by atoms with Gasteiger partial charge in [-0.05, 0) is 53.6 Å². The number of rotatable bonds is 4. The molecule has 1 saturated carbocycles. The van der Waals surface area contributed by atoms with Crippen LogP contribution in [0.25, 0.3) is 32.9 Å². The minimum Gasteiger partial charge on any atom is -0.463 e. The first kappa shape index (κ1) is 22.1. The SMILES string of the molecule is CC(C)(C)C1(c2nn(C(=O)O)cc2C(=O)Nc2cc(-c3cccc4[nH]ccc34)cc3[nH]ncc23)CC1. The van der Waals surface area contributed by atoms with Gasteiger partial charge in [-0.3, -0.25) is 9.89 Å². The van der Waals surface area contributed by atoms with Crippen LogP contribution in [0.1, 0.15) is 49.7 Å². The van der Waals surface area contributed by atoms with Crippen LogP contribution in [0.3, 0.4) is 0 Å². The summed E-state index contributed by atoms with van der Waals surface area (Å²) < 4.78 is 0.840. The highest BCUT2D eigenvalue weighted by Crippen LogP contribution is 2.60.